The van der Waals surface area contributed by atoms with Gasteiger partial charge in [0.15, 0.2) is 4.90 Å². The van der Waals surface area contributed by atoms with E-state index in [9.17, 15) is 22.0 Å². The molecule has 0 aromatic heterocycles. The van der Waals surface area contributed by atoms with E-state index in [0.717, 1.165) is 22.5 Å². The Morgan fingerprint density at radius 1 is 1.12 bits per heavy atom. The molecule has 1 aromatic rings. The van der Waals surface area contributed by atoms with Crippen molar-refractivity contribution in [1.29, 1.82) is 0 Å². The number of sulfonamides is 1. The molecule has 134 valence electrons. The van der Waals surface area contributed by atoms with Crippen LogP contribution in [0.1, 0.15) is 6.92 Å². The molecule has 24 heavy (non-hydrogen) atoms. The van der Waals surface area contributed by atoms with E-state index in [4.69, 9.17) is 0 Å². The molecule has 0 radical (unpaired) electrons. The Morgan fingerprint density at radius 2 is 1.62 bits per heavy atom. The van der Waals surface area contributed by atoms with Crippen LogP contribution in [0, 0.1) is 11.6 Å². The maximum atomic E-state index is 13.8. The fourth-order valence-electron chi connectivity index (χ4n) is 2.72. The van der Waals surface area contributed by atoms with E-state index >= 15 is 0 Å². The molecule has 1 heterocycles. The summed E-state index contributed by atoms with van der Waals surface area (Å²) in [6.45, 7) is 2.53. The Labute approximate surface area is 140 Å². The molecule has 0 bridgehead atoms. The van der Waals surface area contributed by atoms with Gasteiger partial charge in [-0.05, 0) is 19.1 Å². The van der Waals surface area contributed by atoms with Gasteiger partial charge in [-0.2, -0.15) is 4.31 Å². The normalized spacial score (nSPS) is 18.4. The molecule has 6 nitrogen and oxygen atoms in total. The smallest absolute Gasteiger partial charge is 0.249 e. The summed E-state index contributed by atoms with van der Waals surface area (Å²) in [4.78, 5) is 14.4. The standard InChI is InChI=1S/C15H21F2N3O3S/c1-11(15(21)18(2)3)19-7-9-20(10-8-19)24(22,23)14-12(16)5-4-6-13(14)17/h4-6,11H,7-10H2,1-3H3/t11-/m0/s1. The van der Waals surface area contributed by atoms with Gasteiger partial charge in [-0.3, -0.25) is 9.69 Å². The van der Waals surface area contributed by atoms with Gasteiger partial charge in [0.2, 0.25) is 15.9 Å². The Hall–Kier alpha value is -1.58. The predicted octanol–water partition coefficient (Wildman–Crippen LogP) is 0.748. The molecule has 1 fully saturated rings. The molecule has 1 amide bonds. The van der Waals surface area contributed by atoms with Crippen LogP contribution in [0.15, 0.2) is 23.1 Å². The van der Waals surface area contributed by atoms with Crippen molar-refractivity contribution in [1.82, 2.24) is 14.1 Å². The van der Waals surface area contributed by atoms with Gasteiger partial charge >= 0.3 is 0 Å². The predicted molar refractivity (Wildman–Crippen MR) is 84.8 cm³/mol. The zero-order valence-electron chi connectivity index (χ0n) is 13.9. The van der Waals surface area contributed by atoms with E-state index in [2.05, 4.69) is 0 Å². The maximum Gasteiger partial charge on any atom is 0.249 e. The lowest BCUT2D eigenvalue weighted by molar-refractivity contribution is -0.134. The summed E-state index contributed by atoms with van der Waals surface area (Å²) < 4.78 is 53.6. The summed E-state index contributed by atoms with van der Waals surface area (Å²) in [5, 5.41) is 0. The van der Waals surface area contributed by atoms with E-state index in [1.807, 2.05) is 4.90 Å². The number of carbonyl (C=O) groups excluding carboxylic acids is 1. The number of rotatable bonds is 4. The zero-order chi connectivity index (χ0) is 18.1. The first-order chi connectivity index (χ1) is 11.2. The van der Waals surface area contributed by atoms with E-state index in [1.165, 1.54) is 4.90 Å². The SMILES string of the molecule is C[C@@H](C(=O)N(C)C)N1CCN(S(=O)(=O)c2c(F)cccc2F)CC1. The molecular formula is C15H21F2N3O3S. The van der Waals surface area contributed by atoms with Crippen molar-refractivity contribution in [2.24, 2.45) is 0 Å². The second-order valence-electron chi connectivity index (χ2n) is 5.90. The van der Waals surface area contributed by atoms with Gasteiger partial charge in [0.1, 0.15) is 11.6 Å². The van der Waals surface area contributed by atoms with Gasteiger partial charge in [-0.1, -0.05) is 6.07 Å². The number of amides is 1. The van der Waals surface area contributed by atoms with E-state index in [-0.39, 0.29) is 25.0 Å². The minimum Gasteiger partial charge on any atom is -0.347 e. The van der Waals surface area contributed by atoms with E-state index in [1.54, 1.807) is 21.0 Å². The first-order valence-corrected chi connectivity index (χ1v) is 8.99. The van der Waals surface area contributed by atoms with E-state index < -0.39 is 26.6 Å². The molecule has 0 N–H and O–H groups in total. The number of carbonyl (C=O) groups is 1. The third-order valence-electron chi connectivity index (χ3n) is 4.14. The third kappa shape index (κ3) is 3.57. The molecular weight excluding hydrogens is 340 g/mol. The Morgan fingerprint density at radius 3 is 2.08 bits per heavy atom. The van der Waals surface area contributed by atoms with Crippen LogP contribution in [-0.2, 0) is 14.8 Å². The summed E-state index contributed by atoms with van der Waals surface area (Å²) in [6, 6.07) is 2.58. The monoisotopic (exact) mass is 361 g/mol. The minimum atomic E-state index is -4.25. The zero-order valence-corrected chi connectivity index (χ0v) is 14.7. The Balaban J connectivity index is 2.13. The molecule has 1 atom stereocenters. The number of nitrogens with zero attached hydrogens (tertiary/aromatic N) is 3. The molecule has 1 aliphatic rings. The number of hydrogen-bond donors (Lipinski definition) is 0. The minimum absolute atomic E-state index is 0.0706. The van der Waals surface area contributed by atoms with Crippen molar-refractivity contribution < 1.29 is 22.0 Å². The summed E-state index contributed by atoms with van der Waals surface area (Å²) in [7, 11) is -0.941. The topological polar surface area (TPSA) is 60.9 Å². The number of benzene rings is 1. The highest BCUT2D eigenvalue weighted by molar-refractivity contribution is 7.89. The molecule has 0 unspecified atom stereocenters. The highest BCUT2D eigenvalue weighted by atomic mass is 32.2. The largest absolute Gasteiger partial charge is 0.347 e. The van der Waals surface area contributed by atoms with Gasteiger partial charge in [0, 0.05) is 40.3 Å². The van der Waals surface area contributed by atoms with Crippen molar-refractivity contribution in [3.63, 3.8) is 0 Å². The lowest BCUT2D eigenvalue weighted by atomic mass is 10.2. The van der Waals surface area contributed by atoms with Gasteiger partial charge in [-0.15, -0.1) is 0 Å². The summed E-state index contributed by atoms with van der Waals surface area (Å²) in [6.07, 6.45) is 0. The van der Waals surface area contributed by atoms with Crippen molar-refractivity contribution in [2.75, 3.05) is 40.3 Å². The third-order valence-corrected chi connectivity index (χ3v) is 6.09. The summed E-state index contributed by atoms with van der Waals surface area (Å²) in [5.74, 6) is -2.28. The van der Waals surface area contributed by atoms with Crippen molar-refractivity contribution >= 4 is 15.9 Å². The van der Waals surface area contributed by atoms with Crippen molar-refractivity contribution in [2.45, 2.75) is 17.9 Å². The van der Waals surface area contributed by atoms with Gasteiger partial charge in [0.25, 0.3) is 0 Å². The van der Waals surface area contributed by atoms with Crippen LogP contribution < -0.4 is 0 Å². The summed E-state index contributed by atoms with van der Waals surface area (Å²) in [5.41, 5.74) is 0. The van der Waals surface area contributed by atoms with Gasteiger partial charge < -0.3 is 4.90 Å². The molecule has 1 aliphatic heterocycles. The lowest BCUT2D eigenvalue weighted by Crippen LogP contribution is -2.54. The highest BCUT2D eigenvalue weighted by Crippen LogP contribution is 2.24. The number of likely N-dealkylation sites (N-methyl/N-ethyl adjacent to an activating group) is 1. The van der Waals surface area contributed by atoms with Crippen LogP contribution >= 0.6 is 0 Å². The first kappa shape index (κ1) is 18.8. The Bertz CT molecular complexity index is 696. The van der Waals surface area contributed by atoms with Gasteiger partial charge in [0.05, 0.1) is 6.04 Å². The van der Waals surface area contributed by atoms with Crippen LogP contribution in [-0.4, -0.2) is 74.7 Å². The molecule has 9 heteroatoms. The van der Waals surface area contributed by atoms with Crippen molar-refractivity contribution in [3.05, 3.63) is 29.8 Å². The maximum absolute atomic E-state index is 13.8. The quantitative estimate of drug-likeness (QED) is 0.794. The van der Waals surface area contributed by atoms with Crippen molar-refractivity contribution in [3.8, 4) is 0 Å². The fourth-order valence-corrected chi connectivity index (χ4v) is 4.25. The highest BCUT2D eigenvalue weighted by Gasteiger charge is 2.35. The second kappa shape index (κ2) is 7.12. The van der Waals surface area contributed by atoms with Crippen LogP contribution in [0.2, 0.25) is 0 Å². The molecule has 0 saturated carbocycles. The van der Waals surface area contributed by atoms with Crippen LogP contribution in [0.4, 0.5) is 8.78 Å². The molecule has 1 aromatic carbocycles. The molecule has 0 aliphatic carbocycles. The average Bonchev–Trinajstić information content (AvgIpc) is 2.53. The van der Waals surface area contributed by atoms with Gasteiger partial charge in [-0.25, -0.2) is 17.2 Å². The van der Waals surface area contributed by atoms with E-state index in [0.29, 0.717) is 13.1 Å². The molecule has 2 rings (SSSR count). The summed E-state index contributed by atoms with van der Waals surface area (Å²) >= 11 is 0. The van der Waals surface area contributed by atoms with Crippen LogP contribution in [0.3, 0.4) is 0 Å². The number of hydrogen-bond acceptors (Lipinski definition) is 4. The molecule has 1 saturated heterocycles. The average molecular weight is 361 g/mol. The second-order valence-corrected chi connectivity index (χ2v) is 7.77. The van der Waals surface area contributed by atoms with Crippen LogP contribution in [0.25, 0.3) is 0 Å². The first-order valence-electron chi connectivity index (χ1n) is 7.55. The molecule has 0 spiro atoms. The number of halogens is 2. The lowest BCUT2D eigenvalue weighted by Gasteiger charge is -2.37. The number of piperazine rings is 1. The fraction of sp³-hybridized carbons (Fsp3) is 0.533. The Kier molecular flexibility index (Phi) is 5.56. The van der Waals surface area contributed by atoms with Crippen LogP contribution in [0.5, 0.6) is 0 Å².